The van der Waals surface area contributed by atoms with Gasteiger partial charge in [-0.05, 0) is 30.3 Å². The Morgan fingerprint density at radius 3 is 2.42 bits per heavy atom. The molecular formula is C20H23N3O3. The molecule has 0 saturated heterocycles. The van der Waals surface area contributed by atoms with E-state index in [4.69, 9.17) is 4.74 Å². The summed E-state index contributed by atoms with van der Waals surface area (Å²) < 4.78 is 5.55. The van der Waals surface area contributed by atoms with Gasteiger partial charge in [0.2, 0.25) is 11.8 Å². The minimum absolute atomic E-state index is 0.0775. The molecule has 0 fully saturated rings. The fourth-order valence-corrected chi connectivity index (χ4v) is 2.19. The SMILES string of the molecule is C=CCOc1ccccc1NCC(=O)Nc1cccc(NC(=O)CC)c1. The van der Waals surface area contributed by atoms with Crippen LogP contribution in [0.5, 0.6) is 5.75 Å². The molecule has 0 atom stereocenters. The van der Waals surface area contributed by atoms with Crippen LogP contribution in [0.3, 0.4) is 0 Å². The summed E-state index contributed by atoms with van der Waals surface area (Å²) in [4.78, 5) is 23.6. The lowest BCUT2D eigenvalue weighted by molar-refractivity contribution is -0.116. The number of hydrogen-bond donors (Lipinski definition) is 3. The average molecular weight is 353 g/mol. The molecule has 2 aromatic carbocycles. The van der Waals surface area contributed by atoms with E-state index in [0.717, 1.165) is 5.69 Å². The molecule has 3 N–H and O–H groups in total. The Balaban J connectivity index is 1.92. The zero-order chi connectivity index (χ0) is 18.8. The molecule has 2 rings (SSSR count). The van der Waals surface area contributed by atoms with E-state index in [1.165, 1.54) is 0 Å². The van der Waals surface area contributed by atoms with Crippen molar-refractivity contribution in [2.75, 3.05) is 29.1 Å². The smallest absolute Gasteiger partial charge is 0.243 e. The van der Waals surface area contributed by atoms with Gasteiger partial charge in [-0.1, -0.05) is 37.8 Å². The van der Waals surface area contributed by atoms with E-state index >= 15 is 0 Å². The maximum Gasteiger partial charge on any atom is 0.243 e. The summed E-state index contributed by atoms with van der Waals surface area (Å²) >= 11 is 0. The van der Waals surface area contributed by atoms with E-state index in [1.54, 1.807) is 37.3 Å². The quantitative estimate of drug-likeness (QED) is 0.601. The third-order valence-electron chi connectivity index (χ3n) is 3.43. The predicted octanol–water partition coefficient (Wildman–Crippen LogP) is 3.65. The Morgan fingerprint density at radius 2 is 1.73 bits per heavy atom. The van der Waals surface area contributed by atoms with Crippen molar-refractivity contribution in [1.82, 2.24) is 0 Å². The number of ether oxygens (including phenoxy) is 1. The molecule has 2 aromatic rings. The molecular weight excluding hydrogens is 330 g/mol. The number of carbonyl (C=O) groups is 2. The lowest BCUT2D eigenvalue weighted by Gasteiger charge is -2.13. The fourth-order valence-electron chi connectivity index (χ4n) is 2.19. The van der Waals surface area contributed by atoms with Crippen LogP contribution in [0.4, 0.5) is 17.1 Å². The van der Waals surface area contributed by atoms with Gasteiger partial charge in [0.25, 0.3) is 0 Å². The van der Waals surface area contributed by atoms with Crippen molar-refractivity contribution in [3.8, 4) is 5.75 Å². The number of carbonyl (C=O) groups excluding carboxylic acids is 2. The first kappa shape index (κ1) is 19.1. The van der Waals surface area contributed by atoms with Gasteiger partial charge < -0.3 is 20.7 Å². The summed E-state index contributed by atoms with van der Waals surface area (Å²) in [6, 6.07) is 14.4. The molecule has 0 unspecified atom stereocenters. The van der Waals surface area contributed by atoms with E-state index in [2.05, 4.69) is 22.5 Å². The first-order valence-electron chi connectivity index (χ1n) is 8.38. The minimum Gasteiger partial charge on any atom is -0.487 e. The topological polar surface area (TPSA) is 79.5 Å². The fraction of sp³-hybridized carbons (Fsp3) is 0.200. The normalized spacial score (nSPS) is 9.88. The Kier molecular flexibility index (Phi) is 7.24. The highest BCUT2D eigenvalue weighted by Crippen LogP contribution is 2.23. The van der Waals surface area contributed by atoms with E-state index in [-0.39, 0.29) is 18.4 Å². The number of hydrogen-bond acceptors (Lipinski definition) is 4. The summed E-state index contributed by atoms with van der Waals surface area (Å²) in [5.41, 5.74) is 1.99. The van der Waals surface area contributed by atoms with Crippen LogP contribution < -0.4 is 20.7 Å². The predicted molar refractivity (Wildman–Crippen MR) is 105 cm³/mol. The van der Waals surface area contributed by atoms with Gasteiger partial charge in [0.15, 0.2) is 0 Å². The molecule has 6 nitrogen and oxygen atoms in total. The van der Waals surface area contributed by atoms with Crippen LogP contribution in [0, 0.1) is 0 Å². The largest absolute Gasteiger partial charge is 0.487 e. The van der Waals surface area contributed by atoms with Crippen LogP contribution in [-0.2, 0) is 9.59 Å². The van der Waals surface area contributed by atoms with Gasteiger partial charge in [-0.15, -0.1) is 0 Å². The average Bonchev–Trinajstić information content (AvgIpc) is 2.65. The molecule has 0 bridgehead atoms. The molecule has 0 heterocycles. The Morgan fingerprint density at radius 1 is 1.04 bits per heavy atom. The highest BCUT2D eigenvalue weighted by atomic mass is 16.5. The highest BCUT2D eigenvalue weighted by Gasteiger charge is 2.07. The standard InChI is InChI=1S/C20H23N3O3/c1-3-12-26-18-11-6-5-10-17(18)21-14-20(25)23-16-9-7-8-15(13-16)22-19(24)4-2/h3,5-11,13,21H,1,4,12,14H2,2H3,(H,22,24)(H,23,25). The molecule has 6 heteroatoms. The van der Waals surface area contributed by atoms with Gasteiger partial charge >= 0.3 is 0 Å². The van der Waals surface area contributed by atoms with Crippen LogP contribution in [0.15, 0.2) is 61.2 Å². The maximum atomic E-state index is 12.2. The van der Waals surface area contributed by atoms with Crippen LogP contribution in [0.25, 0.3) is 0 Å². The molecule has 2 amide bonds. The van der Waals surface area contributed by atoms with Crippen molar-refractivity contribution in [2.45, 2.75) is 13.3 Å². The molecule has 0 saturated carbocycles. The molecule has 0 aliphatic heterocycles. The zero-order valence-electron chi connectivity index (χ0n) is 14.7. The van der Waals surface area contributed by atoms with E-state index in [9.17, 15) is 9.59 Å². The van der Waals surface area contributed by atoms with Crippen molar-refractivity contribution >= 4 is 28.9 Å². The minimum atomic E-state index is -0.206. The second-order valence-electron chi connectivity index (χ2n) is 5.48. The molecule has 0 radical (unpaired) electrons. The zero-order valence-corrected chi connectivity index (χ0v) is 14.7. The Bertz CT molecular complexity index is 774. The second kappa shape index (κ2) is 9.88. The van der Waals surface area contributed by atoms with E-state index in [1.807, 2.05) is 24.3 Å². The van der Waals surface area contributed by atoms with Crippen molar-refractivity contribution in [3.63, 3.8) is 0 Å². The summed E-state index contributed by atoms with van der Waals surface area (Å²) in [6.45, 7) is 5.88. The third-order valence-corrected chi connectivity index (χ3v) is 3.43. The first-order valence-corrected chi connectivity index (χ1v) is 8.38. The number of amides is 2. The van der Waals surface area contributed by atoms with Crippen molar-refractivity contribution in [3.05, 3.63) is 61.2 Å². The van der Waals surface area contributed by atoms with Crippen molar-refractivity contribution in [2.24, 2.45) is 0 Å². The van der Waals surface area contributed by atoms with E-state index < -0.39 is 0 Å². The molecule has 0 spiro atoms. The molecule has 136 valence electrons. The Labute approximate surface area is 153 Å². The molecule has 26 heavy (non-hydrogen) atoms. The number of nitrogens with one attached hydrogen (secondary N) is 3. The lowest BCUT2D eigenvalue weighted by Crippen LogP contribution is -2.22. The first-order chi connectivity index (χ1) is 12.6. The van der Waals surface area contributed by atoms with Crippen LogP contribution >= 0.6 is 0 Å². The lowest BCUT2D eigenvalue weighted by atomic mass is 10.2. The van der Waals surface area contributed by atoms with Crippen LogP contribution in [-0.4, -0.2) is 25.0 Å². The molecule has 0 aromatic heterocycles. The monoisotopic (exact) mass is 353 g/mol. The van der Waals surface area contributed by atoms with Crippen molar-refractivity contribution in [1.29, 1.82) is 0 Å². The summed E-state index contributed by atoms with van der Waals surface area (Å²) in [5.74, 6) is 0.373. The second-order valence-corrected chi connectivity index (χ2v) is 5.48. The highest BCUT2D eigenvalue weighted by molar-refractivity contribution is 5.95. The van der Waals surface area contributed by atoms with Gasteiger partial charge in [0.05, 0.1) is 12.2 Å². The van der Waals surface area contributed by atoms with Gasteiger partial charge in [0.1, 0.15) is 12.4 Å². The Hall–Kier alpha value is -3.28. The van der Waals surface area contributed by atoms with Gasteiger partial charge in [0, 0.05) is 17.8 Å². The van der Waals surface area contributed by atoms with Crippen LogP contribution in [0.2, 0.25) is 0 Å². The number of para-hydroxylation sites is 2. The maximum absolute atomic E-state index is 12.2. The number of anilines is 3. The molecule has 0 aliphatic carbocycles. The van der Waals surface area contributed by atoms with Crippen LogP contribution in [0.1, 0.15) is 13.3 Å². The molecule has 0 aliphatic rings. The number of benzene rings is 2. The van der Waals surface area contributed by atoms with Gasteiger partial charge in [-0.3, -0.25) is 9.59 Å². The summed E-state index contributed by atoms with van der Waals surface area (Å²) in [5, 5.41) is 8.61. The number of rotatable bonds is 9. The third kappa shape index (κ3) is 5.98. The van der Waals surface area contributed by atoms with Crippen molar-refractivity contribution < 1.29 is 14.3 Å². The summed E-state index contributed by atoms with van der Waals surface area (Å²) in [6.07, 6.45) is 2.06. The van der Waals surface area contributed by atoms with Gasteiger partial charge in [-0.2, -0.15) is 0 Å². The summed E-state index contributed by atoms with van der Waals surface area (Å²) in [7, 11) is 0. The van der Waals surface area contributed by atoms with Gasteiger partial charge in [-0.25, -0.2) is 0 Å². The van der Waals surface area contributed by atoms with E-state index in [0.29, 0.717) is 30.2 Å².